The number of rotatable bonds is 4. The van der Waals surface area contributed by atoms with Crippen LogP contribution in [0.2, 0.25) is 0 Å². The minimum absolute atomic E-state index is 0.239. The number of carbonyl (C=O) groups is 2. The maximum atomic E-state index is 13.8. The Morgan fingerprint density at radius 3 is 2.22 bits per heavy atom. The number of carboxylic acid groups (broad SMARTS) is 1. The van der Waals surface area contributed by atoms with E-state index in [1.165, 1.54) is 17.8 Å². The van der Waals surface area contributed by atoms with Crippen molar-refractivity contribution in [2.75, 3.05) is 5.32 Å². The van der Waals surface area contributed by atoms with Gasteiger partial charge >= 0.3 is 144 Å². The van der Waals surface area contributed by atoms with Crippen LogP contribution in [0.1, 0.15) is 12.5 Å². The number of amides is 1. The minimum atomic E-state index is -0.833. The van der Waals surface area contributed by atoms with Gasteiger partial charge in [0.25, 0.3) is 5.97 Å². The topological polar surface area (TPSA) is 83.7 Å². The molecule has 1 aromatic heterocycles. The molecule has 3 aromatic carbocycles. The van der Waals surface area contributed by atoms with Gasteiger partial charge in [-0.3, -0.25) is 4.79 Å². The fraction of sp³-hybridized carbons (Fsp3) is 0.0357. The number of amidine groups is 1. The first-order valence-electron chi connectivity index (χ1n) is 11.4. The van der Waals surface area contributed by atoms with Crippen LogP contribution in [0.5, 0.6) is 0 Å². The Kier molecular flexibility index (Phi) is 8.78. The third-order valence-corrected chi connectivity index (χ3v) is 7.07. The molecular weight excluding hydrogens is 500 g/mol. The van der Waals surface area contributed by atoms with Gasteiger partial charge in [-0.25, -0.2) is 0 Å². The van der Waals surface area contributed by atoms with E-state index in [2.05, 4.69) is 39.1 Å². The van der Waals surface area contributed by atoms with Gasteiger partial charge in [0.15, 0.2) is 0 Å². The van der Waals surface area contributed by atoms with E-state index >= 15 is 0 Å². The number of nitrogens with one attached hydrogen (secondary N) is 1. The van der Waals surface area contributed by atoms with E-state index in [4.69, 9.17) is 9.90 Å². The summed E-state index contributed by atoms with van der Waals surface area (Å²) in [6, 6.07) is 25.4. The van der Waals surface area contributed by atoms with Gasteiger partial charge in [-0.15, -0.1) is 0 Å². The maximum absolute atomic E-state index is 13.8. The van der Waals surface area contributed by atoms with Crippen molar-refractivity contribution in [3.05, 3.63) is 108 Å². The molecule has 4 aromatic rings. The molecule has 0 saturated carbocycles. The number of aromatic nitrogens is 1. The van der Waals surface area contributed by atoms with Crippen molar-refractivity contribution in [2.24, 2.45) is 4.99 Å². The molecule has 2 N–H and O–H groups in total. The van der Waals surface area contributed by atoms with Crippen LogP contribution >= 0.6 is 11.8 Å². The molecule has 0 spiro atoms. The second-order valence-electron chi connectivity index (χ2n) is 8.20. The van der Waals surface area contributed by atoms with Crippen LogP contribution in [0, 0.1) is 5.82 Å². The number of hydrogen-bond acceptors (Lipinski definition) is 4. The number of aliphatic imine (C=N–C) groups is 1. The van der Waals surface area contributed by atoms with Crippen molar-refractivity contribution < 1.29 is 19.1 Å². The van der Waals surface area contributed by atoms with Crippen molar-refractivity contribution >= 4 is 71.3 Å². The molecular formula is C28H21FN3NaO3S. The molecule has 37 heavy (non-hydrogen) atoms. The zero-order valence-electron chi connectivity index (χ0n) is 20.2. The van der Waals surface area contributed by atoms with Crippen LogP contribution in [0.3, 0.4) is 0 Å². The monoisotopic (exact) mass is 521 g/mol. The summed E-state index contributed by atoms with van der Waals surface area (Å²) in [6.07, 6.45) is 5.86. The molecule has 1 amide bonds. The van der Waals surface area contributed by atoms with E-state index < -0.39 is 5.97 Å². The number of hydrogen-bond donors (Lipinski definition) is 2. The fourth-order valence-electron chi connectivity index (χ4n) is 3.51. The van der Waals surface area contributed by atoms with Gasteiger partial charge in [-0.05, 0) is 35.4 Å². The van der Waals surface area contributed by atoms with Crippen LogP contribution in [0.15, 0.2) is 101 Å². The van der Waals surface area contributed by atoms with Crippen LogP contribution in [-0.4, -0.2) is 54.6 Å². The molecule has 0 atom stereocenters. The summed E-state index contributed by atoms with van der Waals surface area (Å²) < 4.78 is 16.6. The SMILES string of the molecule is CC(=O)O.O=C1N=C(Nc2cc[c]([Na])c(F)c2)S/C1=C/c1ccc(-c2ccc(-n3cccc3)cc2)cc1. The van der Waals surface area contributed by atoms with Crippen molar-refractivity contribution in [3.8, 4) is 16.8 Å². The normalized spacial score (nSPS) is 13.7. The van der Waals surface area contributed by atoms with Crippen molar-refractivity contribution in [1.29, 1.82) is 0 Å². The molecule has 180 valence electrons. The van der Waals surface area contributed by atoms with Gasteiger partial charge in [0.1, 0.15) is 0 Å². The number of benzene rings is 3. The summed E-state index contributed by atoms with van der Waals surface area (Å²) >= 11 is 1.90. The molecule has 6 nitrogen and oxygen atoms in total. The van der Waals surface area contributed by atoms with Crippen molar-refractivity contribution in [1.82, 2.24) is 4.57 Å². The van der Waals surface area contributed by atoms with E-state index in [-0.39, 0.29) is 11.7 Å². The predicted octanol–water partition coefficient (Wildman–Crippen LogP) is 5.25. The van der Waals surface area contributed by atoms with Crippen LogP contribution in [0.25, 0.3) is 22.9 Å². The third-order valence-electron chi connectivity index (χ3n) is 5.36. The zero-order chi connectivity index (χ0) is 26.4. The quantitative estimate of drug-likeness (QED) is 0.283. The molecule has 0 radical (unpaired) electrons. The number of nitrogens with zero attached hydrogens (tertiary/aromatic N) is 2. The second-order valence-corrected chi connectivity index (χ2v) is 10.3. The summed E-state index contributed by atoms with van der Waals surface area (Å²) in [7, 11) is 0. The van der Waals surface area contributed by atoms with E-state index in [0.717, 1.165) is 29.3 Å². The van der Waals surface area contributed by atoms with Crippen molar-refractivity contribution in [3.63, 3.8) is 0 Å². The number of carbonyl (C=O) groups excluding carboxylic acids is 1. The Morgan fingerprint density at radius 2 is 1.62 bits per heavy atom. The fourth-order valence-corrected chi connectivity index (χ4v) is 4.66. The van der Waals surface area contributed by atoms with Crippen molar-refractivity contribution in [2.45, 2.75) is 6.92 Å². The predicted molar refractivity (Wildman–Crippen MR) is 148 cm³/mol. The second kappa shape index (κ2) is 12.2. The first-order chi connectivity index (χ1) is 17.8. The van der Waals surface area contributed by atoms with Crippen LogP contribution in [-0.2, 0) is 9.59 Å². The Labute approximate surface area is 235 Å². The number of halogens is 1. The summed E-state index contributed by atoms with van der Waals surface area (Å²) in [5.74, 6) is -1.37. The van der Waals surface area contributed by atoms with Gasteiger partial charge in [-0.2, -0.15) is 0 Å². The zero-order valence-corrected chi connectivity index (χ0v) is 23.0. The molecule has 0 fully saturated rings. The van der Waals surface area contributed by atoms with Crippen LogP contribution < -0.4 is 8.13 Å². The number of anilines is 1. The summed E-state index contributed by atoms with van der Waals surface area (Å²) in [6.45, 7) is 1.08. The Balaban J connectivity index is 0.000000747. The molecule has 2 heterocycles. The number of aliphatic carboxylic acids is 1. The Bertz CT molecular complexity index is 1480. The van der Waals surface area contributed by atoms with Gasteiger partial charge in [0.05, 0.1) is 0 Å². The molecule has 0 unspecified atom stereocenters. The molecule has 0 bridgehead atoms. The molecule has 0 saturated heterocycles. The summed E-state index contributed by atoms with van der Waals surface area (Å²) in [5.41, 5.74) is 4.84. The molecule has 5 rings (SSSR count). The van der Waals surface area contributed by atoms with E-state index in [1.807, 2.05) is 54.9 Å². The summed E-state index contributed by atoms with van der Waals surface area (Å²) in [5, 5.41) is 10.9. The van der Waals surface area contributed by atoms with Gasteiger partial charge < -0.3 is 9.67 Å². The molecule has 1 aliphatic rings. The number of thioether (sulfide) groups is 1. The van der Waals surface area contributed by atoms with E-state index in [0.29, 0.717) is 46.5 Å². The van der Waals surface area contributed by atoms with Crippen LogP contribution in [0.4, 0.5) is 10.1 Å². The third kappa shape index (κ3) is 7.30. The summed E-state index contributed by atoms with van der Waals surface area (Å²) in [4.78, 5) is 25.9. The van der Waals surface area contributed by atoms with Gasteiger partial charge in [-0.1, -0.05) is 12.1 Å². The van der Waals surface area contributed by atoms with E-state index in [9.17, 15) is 9.18 Å². The Hall–Kier alpha value is -3.43. The molecule has 9 heteroatoms. The average molecular weight is 522 g/mol. The standard InChI is InChI=1S/C26H17FN3OS.C2H4O2.Na/c27-21-4-3-5-22(17-21)28-26-29-25(31)24(32-26)16-18-6-8-19(9-7-18)20-10-12-23(13-11-20)30-14-1-2-15-30;1-2(3)4;/h1-3,5-17H,(H,28,29,31);1H3,(H,3,4);/b24-16+;;. The number of carboxylic acids is 1. The van der Waals surface area contributed by atoms with Gasteiger partial charge in [0.2, 0.25) is 0 Å². The Morgan fingerprint density at radius 1 is 1.03 bits per heavy atom. The average Bonchev–Trinajstić information content (AvgIpc) is 3.52. The first-order valence-corrected chi connectivity index (χ1v) is 13.2. The van der Waals surface area contributed by atoms with Gasteiger partial charge in [0, 0.05) is 25.0 Å². The molecule has 0 aliphatic carbocycles. The van der Waals surface area contributed by atoms with E-state index in [1.54, 1.807) is 12.1 Å². The first kappa shape index (κ1) is 26.6. The molecule has 1 aliphatic heterocycles.